The van der Waals surface area contributed by atoms with Gasteiger partial charge in [-0.15, -0.1) is 10.2 Å². The smallest absolute Gasteiger partial charge is 0.151 e. The molecule has 0 spiro atoms. The molecule has 0 saturated carbocycles. The number of halogens is 1. The highest BCUT2D eigenvalue weighted by atomic mass is 35.5. The zero-order valence-corrected chi connectivity index (χ0v) is 9.72. The Labute approximate surface area is 95.9 Å². The number of hydrogen-bond acceptors (Lipinski definition) is 4. The SMILES string of the molecule is O=[S@@](C[C@H]1CCNC1)c1ccc(Cl)nn1. The Bertz CT molecular complexity index is 351. The van der Waals surface area contributed by atoms with Crippen LogP contribution in [0.4, 0.5) is 0 Å². The quantitative estimate of drug-likeness (QED) is 0.858. The molecule has 1 aliphatic rings. The standard InChI is InChI=1S/C9H12ClN3OS/c10-8-1-2-9(13-12-8)15(14)6-7-3-4-11-5-7/h1-2,7,11H,3-6H2/t7-,15-/m0/s1. The maximum absolute atomic E-state index is 11.8. The average Bonchev–Trinajstić information content (AvgIpc) is 2.71. The Hall–Kier alpha value is -0.520. The van der Waals surface area contributed by atoms with Crippen LogP contribution in [-0.4, -0.2) is 33.2 Å². The summed E-state index contributed by atoms with van der Waals surface area (Å²) < 4.78 is 11.8. The van der Waals surface area contributed by atoms with Crippen molar-refractivity contribution in [2.75, 3.05) is 18.8 Å². The predicted molar refractivity (Wildman–Crippen MR) is 59.3 cm³/mol. The van der Waals surface area contributed by atoms with Crippen LogP contribution < -0.4 is 5.32 Å². The third-order valence-electron chi connectivity index (χ3n) is 2.39. The summed E-state index contributed by atoms with van der Waals surface area (Å²) in [5, 5.41) is 11.6. The molecule has 0 unspecified atom stereocenters. The van der Waals surface area contributed by atoms with Crippen molar-refractivity contribution < 1.29 is 4.21 Å². The van der Waals surface area contributed by atoms with Gasteiger partial charge in [-0.2, -0.15) is 0 Å². The summed E-state index contributed by atoms with van der Waals surface area (Å²) in [5.41, 5.74) is 0. The van der Waals surface area contributed by atoms with Gasteiger partial charge in [0.05, 0.1) is 10.8 Å². The van der Waals surface area contributed by atoms with E-state index in [-0.39, 0.29) is 0 Å². The molecule has 2 heterocycles. The first kappa shape index (κ1) is 11.0. The largest absolute Gasteiger partial charge is 0.316 e. The average molecular weight is 246 g/mol. The maximum Gasteiger partial charge on any atom is 0.151 e. The summed E-state index contributed by atoms with van der Waals surface area (Å²) in [6.45, 7) is 1.97. The van der Waals surface area contributed by atoms with E-state index in [0.29, 0.717) is 21.8 Å². The van der Waals surface area contributed by atoms with Crippen molar-refractivity contribution in [3.05, 3.63) is 17.3 Å². The van der Waals surface area contributed by atoms with Crippen molar-refractivity contribution in [3.63, 3.8) is 0 Å². The first-order chi connectivity index (χ1) is 7.25. The van der Waals surface area contributed by atoms with Gasteiger partial charge < -0.3 is 5.32 Å². The molecule has 15 heavy (non-hydrogen) atoms. The highest BCUT2D eigenvalue weighted by molar-refractivity contribution is 7.84. The molecule has 1 aliphatic heterocycles. The maximum atomic E-state index is 11.8. The molecule has 0 amide bonds. The van der Waals surface area contributed by atoms with E-state index in [1.807, 2.05) is 0 Å². The highest BCUT2D eigenvalue weighted by Crippen LogP contribution is 2.13. The molecule has 2 rings (SSSR count). The van der Waals surface area contributed by atoms with E-state index in [4.69, 9.17) is 11.6 Å². The van der Waals surface area contributed by atoms with Crippen LogP contribution in [-0.2, 0) is 10.8 Å². The Balaban J connectivity index is 1.98. The van der Waals surface area contributed by atoms with Gasteiger partial charge in [-0.3, -0.25) is 4.21 Å². The summed E-state index contributed by atoms with van der Waals surface area (Å²) in [4.78, 5) is 0. The minimum atomic E-state index is -1.05. The summed E-state index contributed by atoms with van der Waals surface area (Å²) in [5.74, 6) is 1.15. The fourth-order valence-electron chi connectivity index (χ4n) is 1.58. The summed E-state index contributed by atoms with van der Waals surface area (Å²) in [6, 6.07) is 3.29. The molecular formula is C9H12ClN3OS. The van der Waals surface area contributed by atoms with E-state index < -0.39 is 10.8 Å². The van der Waals surface area contributed by atoms with Crippen LogP contribution in [0, 0.1) is 5.92 Å². The van der Waals surface area contributed by atoms with E-state index in [0.717, 1.165) is 19.5 Å². The third-order valence-corrected chi connectivity index (χ3v) is 4.05. The van der Waals surface area contributed by atoms with Gasteiger partial charge >= 0.3 is 0 Å². The molecule has 1 aromatic rings. The van der Waals surface area contributed by atoms with Crippen LogP contribution in [0.1, 0.15) is 6.42 Å². The normalized spacial score (nSPS) is 22.9. The highest BCUT2D eigenvalue weighted by Gasteiger charge is 2.18. The molecule has 1 fully saturated rings. The topological polar surface area (TPSA) is 54.9 Å². The van der Waals surface area contributed by atoms with Gasteiger partial charge in [0.15, 0.2) is 5.15 Å². The van der Waals surface area contributed by atoms with Crippen molar-refractivity contribution >= 4 is 22.4 Å². The van der Waals surface area contributed by atoms with Crippen LogP contribution in [0.2, 0.25) is 5.15 Å². The summed E-state index contributed by atoms with van der Waals surface area (Å²) in [7, 11) is -1.05. The van der Waals surface area contributed by atoms with Gasteiger partial charge in [-0.1, -0.05) is 11.6 Å². The number of aromatic nitrogens is 2. The number of hydrogen-bond donors (Lipinski definition) is 1. The van der Waals surface area contributed by atoms with Crippen LogP contribution in [0.3, 0.4) is 0 Å². The van der Waals surface area contributed by atoms with Gasteiger partial charge in [-0.25, -0.2) is 0 Å². The summed E-state index contributed by atoms with van der Waals surface area (Å²) >= 11 is 5.60. The lowest BCUT2D eigenvalue weighted by Crippen LogP contribution is -2.15. The second-order valence-electron chi connectivity index (χ2n) is 3.57. The van der Waals surface area contributed by atoms with E-state index in [2.05, 4.69) is 15.5 Å². The van der Waals surface area contributed by atoms with E-state index in [9.17, 15) is 4.21 Å². The van der Waals surface area contributed by atoms with Crippen molar-refractivity contribution in [3.8, 4) is 0 Å². The van der Waals surface area contributed by atoms with Crippen LogP contribution in [0.5, 0.6) is 0 Å². The third kappa shape index (κ3) is 2.96. The second kappa shape index (κ2) is 5.01. The van der Waals surface area contributed by atoms with E-state index in [1.54, 1.807) is 12.1 Å². The van der Waals surface area contributed by atoms with Crippen LogP contribution >= 0.6 is 11.6 Å². The zero-order valence-electron chi connectivity index (χ0n) is 8.15. The lowest BCUT2D eigenvalue weighted by Gasteiger charge is -2.06. The molecule has 6 heteroatoms. The Morgan fingerprint density at radius 1 is 1.53 bits per heavy atom. The Morgan fingerprint density at radius 2 is 2.40 bits per heavy atom. The van der Waals surface area contributed by atoms with Gasteiger partial charge in [0.1, 0.15) is 5.03 Å². The monoisotopic (exact) mass is 245 g/mol. The minimum absolute atomic E-state index is 0.332. The van der Waals surface area contributed by atoms with Gasteiger partial charge in [0.2, 0.25) is 0 Å². The first-order valence-corrected chi connectivity index (χ1v) is 6.54. The second-order valence-corrected chi connectivity index (χ2v) is 5.40. The molecule has 1 aromatic heterocycles. The Morgan fingerprint density at radius 3 is 3.00 bits per heavy atom. The number of rotatable bonds is 3. The van der Waals surface area contributed by atoms with Gasteiger partial charge in [-0.05, 0) is 37.6 Å². The first-order valence-electron chi connectivity index (χ1n) is 4.84. The molecular weight excluding hydrogens is 234 g/mol. The number of nitrogens with zero attached hydrogens (tertiary/aromatic N) is 2. The van der Waals surface area contributed by atoms with Crippen LogP contribution in [0.25, 0.3) is 0 Å². The molecule has 0 aromatic carbocycles. The zero-order chi connectivity index (χ0) is 10.7. The van der Waals surface area contributed by atoms with Gasteiger partial charge in [0, 0.05) is 5.75 Å². The van der Waals surface area contributed by atoms with E-state index >= 15 is 0 Å². The van der Waals surface area contributed by atoms with Gasteiger partial charge in [0.25, 0.3) is 0 Å². The molecule has 1 N–H and O–H groups in total. The number of nitrogens with one attached hydrogen (secondary N) is 1. The van der Waals surface area contributed by atoms with Crippen molar-refractivity contribution in [1.82, 2.24) is 15.5 Å². The fourth-order valence-corrected chi connectivity index (χ4v) is 2.92. The fraction of sp³-hybridized carbons (Fsp3) is 0.556. The molecule has 0 bridgehead atoms. The molecule has 82 valence electrons. The molecule has 4 nitrogen and oxygen atoms in total. The van der Waals surface area contributed by atoms with Crippen molar-refractivity contribution in [1.29, 1.82) is 0 Å². The molecule has 0 aliphatic carbocycles. The minimum Gasteiger partial charge on any atom is -0.316 e. The Kier molecular flexibility index (Phi) is 3.66. The van der Waals surface area contributed by atoms with Crippen molar-refractivity contribution in [2.45, 2.75) is 11.4 Å². The summed E-state index contributed by atoms with van der Waals surface area (Å²) in [6.07, 6.45) is 1.09. The van der Waals surface area contributed by atoms with Crippen molar-refractivity contribution in [2.24, 2.45) is 5.92 Å². The van der Waals surface area contributed by atoms with E-state index in [1.165, 1.54) is 0 Å². The predicted octanol–water partition coefficient (Wildman–Crippen LogP) is 0.847. The lowest BCUT2D eigenvalue weighted by atomic mass is 10.2. The molecule has 1 saturated heterocycles. The molecule has 2 atom stereocenters. The lowest BCUT2D eigenvalue weighted by molar-refractivity contribution is 0.629. The van der Waals surface area contributed by atoms with Crippen LogP contribution in [0.15, 0.2) is 17.2 Å². The molecule has 0 radical (unpaired) electrons.